The Morgan fingerprint density at radius 1 is 1.11 bits per heavy atom. The molecule has 5 atom stereocenters. The second-order valence-corrected chi connectivity index (χ2v) is 11.7. The van der Waals surface area contributed by atoms with E-state index in [1.54, 1.807) is 25.1 Å². The minimum absolute atomic E-state index is 0.0689. The standard InChI is InChI=1S/C27H36BN3O6S/c1-16(2)14-23(28-36-15-17(3)38-19(5)27(35)37-28)30-26(34)24(18(4)32)31-25(33)22-13-9-12-21(29-22)20-10-7-6-8-11-20/h6-13,16-19,23-24,32H,14-15H2,1-5H3,(H,30,34)(H,31,33)/t17-,18-,19-,23+,24?/m1/s1. The highest BCUT2D eigenvalue weighted by Gasteiger charge is 2.40. The Morgan fingerprint density at radius 3 is 2.47 bits per heavy atom. The maximum atomic E-state index is 13.3. The van der Waals surface area contributed by atoms with Gasteiger partial charge in [-0.3, -0.25) is 14.4 Å². The summed E-state index contributed by atoms with van der Waals surface area (Å²) in [4.78, 5) is 43.3. The van der Waals surface area contributed by atoms with Crippen molar-refractivity contribution in [3.63, 3.8) is 0 Å². The summed E-state index contributed by atoms with van der Waals surface area (Å²) in [6.45, 7) is 9.46. The summed E-state index contributed by atoms with van der Waals surface area (Å²) in [6.07, 6.45) is -0.742. The van der Waals surface area contributed by atoms with Crippen molar-refractivity contribution >= 4 is 36.7 Å². The van der Waals surface area contributed by atoms with Gasteiger partial charge in [-0.05, 0) is 38.3 Å². The summed E-state index contributed by atoms with van der Waals surface area (Å²) < 4.78 is 11.5. The van der Waals surface area contributed by atoms with Crippen LogP contribution in [0.2, 0.25) is 0 Å². The molecule has 1 saturated heterocycles. The van der Waals surface area contributed by atoms with E-state index in [9.17, 15) is 19.5 Å². The number of carbonyl (C=O) groups excluding carboxylic acids is 3. The van der Waals surface area contributed by atoms with Crippen molar-refractivity contribution in [2.75, 3.05) is 6.61 Å². The van der Waals surface area contributed by atoms with E-state index < -0.39 is 43.0 Å². The Hall–Kier alpha value is -2.89. The molecule has 2 aromatic rings. The number of thioether (sulfide) groups is 1. The van der Waals surface area contributed by atoms with Crippen molar-refractivity contribution in [2.24, 2.45) is 5.92 Å². The van der Waals surface area contributed by atoms with E-state index in [-0.39, 0.29) is 22.1 Å². The van der Waals surface area contributed by atoms with Gasteiger partial charge in [-0.2, -0.15) is 0 Å². The molecular formula is C27H36BN3O6S. The fourth-order valence-corrected chi connectivity index (χ4v) is 5.11. The van der Waals surface area contributed by atoms with Gasteiger partial charge in [0, 0.05) is 17.4 Å². The van der Waals surface area contributed by atoms with E-state index in [1.807, 2.05) is 51.1 Å². The summed E-state index contributed by atoms with van der Waals surface area (Å²) in [6, 6.07) is 13.2. The van der Waals surface area contributed by atoms with Crippen LogP contribution >= 0.6 is 11.8 Å². The number of rotatable bonds is 9. The van der Waals surface area contributed by atoms with Gasteiger partial charge in [-0.15, -0.1) is 11.8 Å². The fraction of sp³-hybridized carbons (Fsp3) is 0.481. The lowest BCUT2D eigenvalue weighted by Gasteiger charge is -2.31. The normalized spacial score (nSPS) is 20.5. The number of benzene rings is 1. The van der Waals surface area contributed by atoms with Crippen LogP contribution in [0, 0.1) is 5.92 Å². The van der Waals surface area contributed by atoms with Crippen LogP contribution < -0.4 is 10.6 Å². The first-order valence-electron chi connectivity index (χ1n) is 12.8. The van der Waals surface area contributed by atoms with Crippen molar-refractivity contribution in [1.82, 2.24) is 15.6 Å². The smallest absolute Gasteiger partial charge is 0.507 e. The molecule has 9 nitrogen and oxygen atoms in total. The zero-order chi connectivity index (χ0) is 27.8. The summed E-state index contributed by atoms with van der Waals surface area (Å²) in [5, 5.41) is 15.5. The van der Waals surface area contributed by atoms with Crippen LogP contribution in [-0.4, -0.2) is 70.2 Å². The zero-order valence-electron chi connectivity index (χ0n) is 22.4. The van der Waals surface area contributed by atoms with Gasteiger partial charge in [-0.1, -0.05) is 57.2 Å². The SMILES string of the molecule is CC(C)C[C@H](NC(=O)C(NC(=O)c1cccc(-c2ccccc2)n1)[C@@H](C)O)B1OC[C@@H](C)S[C@H](C)C(=O)O1. The van der Waals surface area contributed by atoms with Gasteiger partial charge in [0.05, 0.1) is 23.0 Å². The molecule has 1 unspecified atom stereocenters. The molecule has 2 amide bonds. The molecule has 0 radical (unpaired) electrons. The Balaban J connectivity index is 1.76. The number of pyridine rings is 1. The second kappa shape index (κ2) is 13.8. The maximum absolute atomic E-state index is 13.3. The summed E-state index contributed by atoms with van der Waals surface area (Å²) in [5.74, 6) is -2.17. The van der Waals surface area contributed by atoms with Crippen molar-refractivity contribution in [3.8, 4) is 11.3 Å². The zero-order valence-corrected chi connectivity index (χ0v) is 23.2. The molecule has 0 saturated carbocycles. The monoisotopic (exact) mass is 541 g/mol. The number of aliphatic hydroxyl groups is 1. The van der Waals surface area contributed by atoms with Gasteiger partial charge in [0.25, 0.3) is 5.91 Å². The molecule has 3 N–H and O–H groups in total. The molecular weight excluding hydrogens is 505 g/mol. The van der Waals surface area contributed by atoms with E-state index >= 15 is 0 Å². The van der Waals surface area contributed by atoms with E-state index in [1.165, 1.54) is 18.7 Å². The summed E-state index contributed by atoms with van der Waals surface area (Å²) in [5.41, 5.74) is 1.57. The highest BCUT2D eigenvalue weighted by atomic mass is 32.2. The molecule has 204 valence electrons. The second-order valence-electron chi connectivity index (χ2n) is 9.94. The predicted octanol–water partition coefficient (Wildman–Crippen LogP) is 2.87. The molecule has 1 aromatic heterocycles. The van der Waals surface area contributed by atoms with Crippen LogP contribution in [0.5, 0.6) is 0 Å². The van der Waals surface area contributed by atoms with Crippen molar-refractivity contribution in [3.05, 3.63) is 54.2 Å². The van der Waals surface area contributed by atoms with Crippen LogP contribution in [0.3, 0.4) is 0 Å². The van der Waals surface area contributed by atoms with E-state index in [4.69, 9.17) is 9.31 Å². The van der Waals surface area contributed by atoms with Crippen LogP contribution in [0.1, 0.15) is 51.5 Å². The van der Waals surface area contributed by atoms with Crippen LogP contribution in [-0.2, 0) is 18.9 Å². The van der Waals surface area contributed by atoms with Crippen LogP contribution in [0.25, 0.3) is 11.3 Å². The lowest BCUT2D eigenvalue weighted by Crippen LogP contribution is -2.59. The minimum atomic E-state index is -1.27. The van der Waals surface area contributed by atoms with Crippen molar-refractivity contribution in [1.29, 1.82) is 0 Å². The number of nitrogens with one attached hydrogen (secondary N) is 2. The molecule has 1 aliphatic heterocycles. The molecule has 1 fully saturated rings. The molecule has 1 aromatic carbocycles. The molecule has 1 aliphatic rings. The third kappa shape index (κ3) is 8.31. The molecule has 38 heavy (non-hydrogen) atoms. The summed E-state index contributed by atoms with van der Waals surface area (Å²) >= 11 is 1.46. The van der Waals surface area contributed by atoms with Crippen LogP contribution in [0.4, 0.5) is 0 Å². The van der Waals surface area contributed by atoms with Gasteiger partial charge in [-0.25, -0.2) is 4.98 Å². The Morgan fingerprint density at radius 2 is 1.82 bits per heavy atom. The number of hydrogen-bond acceptors (Lipinski definition) is 8. The number of amides is 2. The fourth-order valence-electron chi connectivity index (χ4n) is 4.09. The average molecular weight is 541 g/mol. The van der Waals surface area contributed by atoms with E-state index in [0.29, 0.717) is 18.7 Å². The number of aliphatic hydroxyl groups excluding tert-OH is 1. The lowest BCUT2D eigenvalue weighted by atomic mass is 9.73. The number of carbonyl (C=O) groups is 3. The maximum Gasteiger partial charge on any atom is 0.551 e. The minimum Gasteiger partial charge on any atom is -0.507 e. The Kier molecular flexibility index (Phi) is 10.8. The van der Waals surface area contributed by atoms with Gasteiger partial charge in [0.1, 0.15) is 11.7 Å². The van der Waals surface area contributed by atoms with Crippen molar-refractivity contribution in [2.45, 2.75) is 69.6 Å². The third-order valence-electron chi connectivity index (χ3n) is 5.98. The quantitative estimate of drug-likeness (QED) is 0.414. The lowest BCUT2D eigenvalue weighted by molar-refractivity contribution is -0.136. The van der Waals surface area contributed by atoms with Crippen molar-refractivity contribution < 1.29 is 28.8 Å². The molecule has 11 heteroatoms. The topological polar surface area (TPSA) is 127 Å². The number of aromatic nitrogens is 1. The molecule has 0 spiro atoms. The first-order chi connectivity index (χ1) is 18.0. The average Bonchev–Trinajstić information content (AvgIpc) is 2.88. The van der Waals surface area contributed by atoms with Gasteiger partial charge >= 0.3 is 13.1 Å². The predicted molar refractivity (Wildman–Crippen MR) is 148 cm³/mol. The van der Waals surface area contributed by atoms with E-state index in [2.05, 4.69) is 15.6 Å². The molecule has 2 heterocycles. The van der Waals surface area contributed by atoms with Gasteiger partial charge in [0.2, 0.25) is 5.91 Å². The highest BCUT2D eigenvalue weighted by molar-refractivity contribution is 8.01. The van der Waals surface area contributed by atoms with Gasteiger partial charge in [0.15, 0.2) is 0 Å². The molecule has 0 aliphatic carbocycles. The Labute approximate surface area is 228 Å². The highest BCUT2D eigenvalue weighted by Crippen LogP contribution is 2.24. The summed E-state index contributed by atoms with van der Waals surface area (Å²) in [7, 11) is -0.991. The molecule has 0 bridgehead atoms. The van der Waals surface area contributed by atoms with E-state index in [0.717, 1.165) is 5.56 Å². The third-order valence-corrected chi connectivity index (χ3v) is 7.18. The van der Waals surface area contributed by atoms with Gasteiger partial charge < -0.3 is 25.0 Å². The molecule has 3 rings (SSSR count). The first kappa shape index (κ1) is 29.7. The Bertz CT molecular complexity index is 1100. The first-order valence-corrected chi connectivity index (χ1v) is 13.8. The number of hydrogen-bond donors (Lipinski definition) is 3. The van der Waals surface area contributed by atoms with Crippen LogP contribution in [0.15, 0.2) is 48.5 Å². The number of nitrogens with zero attached hydrogens (tertiary/aromatic N) is 1. The largest absolute Gasteiger partial charge is 0.551 e.